The second kappa shape index (κ2) is 23.0. The molecule has 55 valence electrons. The Morgan fingerprint density at radius 1 is 1.67 bits per heavy atom. The number of nitrogens with two attached hydrogens (primary N) is 1. The zero-order chi connectivity index (χ0) is 6.28. The molecule has 0 saturated heterocycles. The van der Waals surface area contributed by atoms with Crippen molar-refractivity contribution in [2.45, 2.75) is 0 Å². The first kappa shape index (κ1) is 22.5. The van der Waals surface area contributed by atoms with Crippen molar-refractivity contribution in [3.05, 3.63) is 0 Å². The Kier molecular flexibility index (Phi) is 57.3. The number of aliphatic carboxylic acids is 1. The molecule has 0 saturated carbocycles. The molecule has 9 heavy (non-hydrogen) atoms. The number of halogens is 1. The van der Waals surface area contributed by atoms with Crippen molar-refractivity contribution in [2.75, 3.05) is 6.54 Å². The molecule has 7 heteroatoms. The first-order valence-electron chi connectivity index (χ1n) is 1.38. The summed E-state index contributed by atoms with van der Waals surface area (Å²) in [7, 11) is 4.73. The Bertz CT molecular complexity index is 57.1. The Hall–Kier alpha value is 1.10. The normalized spacial score (nSPS) is 4.56. The monoisotopic (exact) mass is 248 g/mol. The van der Waals surface area contributed by atoms with Crippen LogP contribution < -0.4 is 5.73 Å². The van der Waals surface area contributed by atoms with Crippen LogP contribution in [0.3, 0.4) is 0 Å². The van der Waals surface area contributed by atoms with Crippen molar-refractivity contribution in [1.29, 1.82) is 0 Å². The summed E-state index contributed by atoms with van der Waals surface area (Å²) in [6.07, 6.45) is 0. The molecule has 0 aliphatic heterocycles. The van der Waals surface area contributed by atoms with Crippen LogP contribution in [0.2, 0.25) is 0 Å². The summed E-state index contributed by atoms with van der Waals surface area (Å²) in [5.74, 6) is -0.968. The van der Waals surface area contributed by atoms with Crippen LogP contribution in [-0.2, 0) is 28.3 Å². The van der Waals surface area contributed by atoms with Crippen LogP contribution in [0.5, 0.6) is 0 Å². The van der Waals surface area contributed by atoms with Gasteiger partial charge in [0.25, 0.3) is 0 Å². The molecular weight excluding hydrogens is 240 g/mol. The van der Waals surface area contributed by atoms with Gasteiger partial charge in [-0.05, 0) is 0 Å². The zero-order valence-electron chi connectivity index (χ0n) is 4.02. The van der Waals surface area contributed by atoms with Crippen molar-refractivity contribution in [3.8, 4) is 0 Å². The number of hydrogen-bond donors (Lipinski definition) is 2. The minimum atomic E-state index is -0.968. The van der Waals surface area contributed by atoms with Gasteiger partial charge in [0.05, 0.1) is 6.54 Å². The molecule has 0 aromatic heterocycles. The van der Waals surface area contributed by atoms with Gasteiger partial charge in [-0.1, -0.05) is 0 Å². The predicted molar refractivity (Wildman–Crippen MR) is 36.1 cm³/mol. The maximum absolute atomic E-state index is 9.24. The summed E-state index contributed by atoms with van der Waals surface area (Å²) in [5, 5.41) is 7.60. The fraction of sp³-hybridized carbons (Fsp3) is 0.500. The van der Waals surface area contributed by atoms with E-state index in [0.29, 0.717) is 0 Å². The first-order valence-corrected chi connectivity index (χ1v) is 4.54. The second-order valence-corrected chi connectivity index (χ2v) is 0.598. The summed E-state index contributed by atoms with van der Waals surface area (Å²) in [5.41, 5.74) is 4.57. The van der Waals surface area contributed by atoms with E-state index in [-0.39, 0.29) is 29.4 Å². The van der Waals surface area contributed by atoms with Crippen molar-refractivity contribution in [1.82, 2.24) is 0 Å². The van der Waals surface area contributed by atoms with Gasteiger partial charge in [-0.15, -0.1) is 0 Å². The Morgan fingerprint density at radius 2 is 1.78 bits per heavy atom. The molecule has 0 aliphatic rings. The molecule has 0 aliphatic carbocycles. The van der Waals surface area contributed by atoms with E-state index in [9.17, 15) is 4.79 Å². The molecule has 0 fully saturated rings. The van der Waals surface area contributed by atoms with Gasteiger partial charge in [0.2, 0.25) is 0 Å². The van der Waals surface area contributed by atoms with E-state index in [1.54, 1.807) is 0 Å². The number of carboxylic acids is 1. The number of carbonyl (C=O) groups is 1. The third-order valence-electron chi connectivity index (χ3n) is 0.175. The molecule has 0 atom stereocenters. The van der Waals surface area contributed by atoms with E-state index in [1.165, 1.54) is 0 Å². The van der Waals surface area contributed by atoms with E-state index in [2.05, 4.69) is 5.73 Å². The van der Waals surface area contributed by atoms with Gasteiger partial charge in [0, 0.05) is 0 Å². The average molecular weight is 250 g/mol. The SMILES string of the molecule is NCC(=O)O.O.[AlH3].[Cl][Zr]. The molecule has 0 aromatic carbocycles. The van der Waals surface area contributed by atoms with Gasteiger partial charge in [-0.2, -0.15) is 0 Å². The molecular formula is C2H10AlClNO3Zr. The molecule has 0 heterocycles. The Morgan fingerprint density at radius 3 is 1.78 bits per heavy atom. The van der Waals surface area contributed by atoms with Gasteiger partial charge < -0.3 is 16.3 Å². The molecule has 0 bridgehead atoms. The van der Waals surface area contributed by atoms with E-state index in [4.69, 9.17) is 13.6 Å². The maximum atomic E-state index is 9.24. The number of carboxylic acid groups (broad SMARTS) is 1. The summed E-state index contributed by atoms with van der Waals surface area (Å²) >= 11 is 1.02. The predicted octanol–water partition coefficient (Wildman–Crippen LogP) is -2.29. The second-order valence-electron chi connectivity index (χ2n) is 0.598. The fourth-order valence-corrected chi connectivity index (χ4v) is 0. The first-order chi connectivity index (χ1) is 3.27. The molecule has 0 spiro atoms. The quantitative estimate of drug-likeness (QED) is 0.512. The van der Waals surface area contributed by atoms with Crippen LogP contribution in [-0.4, -0.2) is 40.5 Å². The summed E-state index contributed by atoms with van der Waals surface area (Å²) < 4.78 is 0. The van der Waals surface area contributed by atoms with Crippen molar-refractivity contribution in [2.24, 2.45) is 5.73 Å². The van der Waals surface area contributed by atoms with Gasteiger partial charge in [-0.25, -0.2) is 0 Å². The van der Waals surface area contributed by atoms with Crippen LogP contribution >= 0.6 is 8.51 Å². The molecule has 0 unspecified atom stereocenters. The summed E-state index contributed by atoms with van der Waals surface area (Å²) in [4.78, 5) is 9.24. The van der Waals surface area contributed by atoms with E-state index in [1.807, 2.05) is 0 Å². The third kappa shape index (κ3) is 47.8. The van der Waals surface area contributed by atoms with Crippen LogP contribution in [0.1, 0.15) is 0 Å². The number of rotatable bonds is 1. The van der Waals surface area contributed by atoms with Crippen LogP contribution in [0.4, 0.5) is 0 Å². The minimum absolute atomic E-state index is 0. The Labute approximate surface area is 82.6 Å². The summed E-state index contributed by atoms with van der Waals surface area (Å²) in [6.45, 7) is -0.278. The van der Waals surface area contributed by atoms with Gasteiger partial charge in [-0.3, -0.25) is 4.79 Å². The van der Waals surface area contributed by atoms with Gasteiger partial charge in [0.15, 0.2) is 17.4 Å². The standard InChI is InChI=1S/C2H5NO2.Al.ClH.H2O.Zr.3H/c3-1-2(4)5;;;;;;;/h1,3H2,(H,4,5);;1H;1H2;;;;/q;;;;+1;;;/p-1. The van der Waals surface area contributed by atoms with Crippen molar-refractivity contribution < 1.29 is 38.9 Å². The fourth-order valence-electron chi connectivity index (χ4n) is 0. The van der Waals surface area contributed by atoms with Crippen LogP contribution in [0.15, 0.2) is 0 Å². The third-order valence-corrected chi connectivity index (χ3v) is 0.175. The van der Waals surface area contributed by atoms with Crippen molar-refractivity contribution in [3.63, 3.8) is 0 Å². The molecule has 0 radical (unpaired) electrons. The molecule has 0 rings (SSSR count). The molecule has 0 aromatic rings. The zero-order valence-corrected chi connectivity index (χ0v) is 7.23. The van der Waals surface area contributed by atoms with Crippen LogP contribution in [0.25, 0.3) is 0 Å². The molecule has 5 N–H and O–H groups in total. The van der Waals surface area contributed by atoms with Gasteiger partial charge in [0.1, 0.15) is 0 Å². The van der Waals surface area contributed by atoms with Crippen molar-refractivity contribution >= 4 is 31.8 Å². The Balaban J connectivity index is -0.0000000286. The van der Waals surface area contributed by atoms with Gasteiger partial charge >= 0.3 is 38.0 Å². The topological polar surface area (TPSA) is 94.8 Å². The van der Waals surface area contributed by atoms with Crippen LogP contribution in [0, 0.1) is 0 Å². The molecule has 4 nitrogen and oxygen atoms in total. The average Bonchev–Trinajstić information content (AvgIpc) is 1.73. The summed E-state index contributed by atoms with van der Waals surface area (Å²) in [6, 6.07) is 0. The van der Waals surface area contributed by atoms with E-state index < -0.39 is 5.97 Å². The van der Waals surface area contributed by atoms with E-state index >= 15 is 0 Å². The number of hydrogen-bond acceptors (Lipinski definition) is 2. The molecule has 0 amide bonds. The van der Waals surface area contributed by atoms with E-state index in [0.717, 1.165) is 23.5 Å².